The molecule has 0 saturated heterocycles. The lowest BCUT2D eigenvalue weighted by atomic mass is 10.3. The van der Waals surface area contributed by atoms with Crippen molar-refractivity contribution in [1.82, 2.24) is 0 Å². The summed E-state index contributed by atoms with van der Waals surface area (Å²) in [6.45, 7) is 0. The molecular formula is C18H14N2O5S2. The van der Waals surface area contributed by atoms with Crippen molar-refractivity contribution >= 4 is 25.4 Å². The lowest BCUT2D eigenvalue weighted by molar-refractivity contribution is -0.387. The highest BCUT2D eigenvalue weighted by atomic mass is 32.3. The van der Waals surface area contributed by atoms with Crippen LogP contribution in [0.1, 0.15) is 0 Å². The summed E-state index contributed by atoms with van der Waals surface area (Å²) in [5.74, 6) is 0. The molecule has 0 aromatic heterocycles. The molecule has 7 nitrogen and oxygen atoms in total. The summed E-state index contributed by atoms with van der Waals surface area (Å²) in [4.78, 5) is 10.2. The van der Waals surface area contributed by atoms with Crippen LogP contribution in [0.2, 0.25) is 0 Å². The van der Waals surface area contributed by atoms with Gasteiger partial charge in [0.25, 0.3) is 15.7 Å². The maximum Gasteiger partial charge on any atom is 0.297 e. The van der Waals surface area contributed by atoms with Gasteiger partial charge in [-0.1, -0.05) is 52.3 Å². The lowest BCUT2D eigenvalue weighted by Gasteiger charge is -2.11. The van der Waals surface area contributed by atoms with Gasteiger partial charge in [0.15, 0.2) is 4.90 Å². The van der Waals surface area contributed by atoms with Crippen molar-refractivity contribution < 1.29 is 17.6 Å². The van der Waals surface area contributed by atoms with Gasteiger partial charge in [-0.2, -0.15) is 8.42 Å². The Morgan fingerprint density at radius 2 is 1.15 bits per heavy atom. The molecule has 0 aliphatic carbocycles. The van der Waals surface area contributed by atoms with Gasteiger partial charge < -0.3 is 0 Å². The van der Waals surface area contributed by atoms with E-state index in [2.05, 4.69) is 3.77 Å². The van der Waals surface area contributed by atoms with Crippen molar-refractivity contribution in [2.24, 2.45) is 3.77 Å². The van der Waals surface area contributed by atoms with Gasteiger partial charge in [0.1, 0.15) is 9.73 Å². The monoisotopic (exact) mass is 402 g/mol. The molecule has 0 bridgehead atoms. The molecule has 138 valence electrons. The van der Waals surface area contributed by atoms with Crippen LogP contribution >= 0.6 is 0 Å². The van der Waals surface area contributed by atoms with Gasteiger partial charge in [-0.25, -0.2) is 4.21 Å². The number of rotatable bonds is 5. The SMILES string of the molecule is O=[N+]([O-])c1ccccc1S(=O)(=O)N=S(=O)(c1ccccc1)c1ccccc1. The molecule has 0 fully saturated rings. The smallest absolute Gasteiger partial charge is 0.258 e. The molecule has 0 radical (unpaired) electrons. The van der Waals surface area contributed by atoms with E-state index in [1.165, 1.54) is 36.4 Å². The zero-order chi connectivity index (χ0) is 19.5. The molecule has 3 aromatic carbocycles. The first-order chi connectivity index (χ1) is 12.8. The van der Waals surface area contributed by atoms with Crippen molar-refractivity contribution in [3.8, 4) is 0 Å². The van der Waals surface area contributed by atoms with Crippen LogP contribution in [-0.4, -0.2) is 17.6 Å². The van der Waals surface area contributed by atoms with Crippen LogP contribution < -0.4 is 0 Å². The van der Waals surface area contributed by atoms with Crippen molar-refractivity contribution in [3.63, 3.8) is 0 Å². The summed E-state index contributed by atoms with van der Waals surface area (Å²) < 4.78 is 43.2. The summed E-state index contributed by atoms with van der Waals surface area (Å²) in [6, 6.07) is 20.7. The van der Waals surface area contributed by atoms with Gasteiger partial charge in [0.2, 0.25) is 0 Å². The van der Waals surface area contributed by atoms with Crippen LogP contribution in [-0.2, 0) is 19.8 Å². The predicted molar refractivity (Wildman–Crippen MR) is 100 cm³/mol. The summed E-state index contributed by atoms with van der Waals surface area (Å²) in [6.07, 6.45) is 0. The van der Waals surface area contributed by atoms with E-state index >= 15 is 0 Å². The molecule has 0 saturated carbocycles. The molecule has 0 atom stereocenters. The second kappa shape index (κ2) is 7.29. The highest BCUT2D eigenvalue weighted by Gasteiger charge is 2.28. The van der Waals surface area contributed by atoms with Gasteiger partial charge in [0.05, 0.1) is 14.7 Å². The van der Waals surface area contributed by atoms with E-state index in [0.29, 0.717) is 0 Å². The van der Waals surface area contributed by atoms with E-state index in [1.807, 2.05) is 0 Å². The molecule has 0 spiro atoms. The zero-order valence-electron chi connectivity index (χ0n) is 13.8. The molecule has 0 aliphatic heterocycles. The molecule has 0 aliphatic rings. The third kappa shape index (κ3) is 3.74. The minimum atomic E-state index is -4.58. The van der Waals surface area contributed by atoms with E-state index < -0.39 is 35.3 Å². The number of nitro benzene ring substituents is 1. The second-order valence-electron chi connectivity index (χ2n) is 5.43. The molecule has 0 N–H and O–H groups in total. The molecule has 0 unspecified atom stereocenters. The van der Waals surface area contributed by atoms with Crippen LogP contribution in [0.4, 0.5) is 5.69 Å². The second-order valence-corrected chi connectivity index (χ2v) is 9.41. The fraction of sp³-hybridized carbons (Fsp3) is 0. The Bertz CT molecular complexity index is 1160. The fourth-order valence-electron chi connectivity index (χ4n) is 2.44. The minimum Gasteiger partial charge on any atom is -0.258 e. The van der Waals surface area contributed by atoms with Crippen molar-refractivity contribution in [3.05, 3.63) is 95.0 Å². The highest BCUT2D eigenvalue weighted by Crippen LogP contribution is 2.30. The van der Waals surface area contributed by atoms with Gasteiger partial charge in [-0.15, -0.1) is 0 Å². The zero-order valence-corrected chi connectivity index (χ0v) is 15.5. The third-order valence-electron chi connectivity index (χ3n) is 3.67. The number of sulfonamides is 1. The number of nitrogens with zero attached hydrogens (tertiary/aromatic N) is 2. The maximum atomic E-state index is 13.7. The van der Waals surface area contributed by atoms with E-state index in [1.54, 1.807) is 36.4 Å². The molecule has 9 heteroatoms. The minimum absolute atomic E-state index is 0.193. The van der Waals surface area contributed by atoms with Crippen molar-refractivity contribution in [2.75, 3.05) is 0 Å². The van der Waals surface area contributed by atoms with Gasteiger partial charge in [-0.05, 0) is 30.3 Å². The Morgan fingerprint density at radius 3 is 1.63 bits per heavy atom. The molecule has 3 aromatic rings. The Hall–Kier alpha value is -3.04. The van der Waals surface area contributed by atoms with Gasteiger partial charge in [0, 0.05) is 6.07 Å². The van der Waals surface area contributed by atoms with E-state index in [-0.39, 0.29) is 9.79 Å². The molecule has 0 heterocycles. The third-order valence-corrected chi connectivity index (χ3v) is 8.02. The summed E-state index contributed by atoms with van der Waals surface area (Å²) in [7, 11) is -8.16. The number of nitro groups is 1. The normalized spacial score (nSPS) is 11.7. The fourth-order valence-corrected chi connectivity index (χ4v) is 6.53. The average molecular weight is 402 g/mol. The first kappa shape index (κ1) is 18.7. The maximum absolute atomic E-state index is 13.7. The Balaban J connectivity index is 2.33. The quantitative estimate of drug-likeness (QED) is 0.476. The number of hydrogen-bond donors (Lipinski definition) is 0. The molecular weight excluding hydrogens is 388 g/mol. The predicted octanol–water partition coefficient (Wildman–Crippen LogP) is 3.87. The van der Waals surface area contributed by atoms with Crippen LogP contribution in [0, 0.1) is 10.1 Å². The molecule has 0 amide bonds. The van der Waals surface area contributed by atoms with Crippen molar-refractivity contribution in [2.45, 2.75) is 14.7 Å². The van der Waals surface area contributed by atoms with Gasteiger partial charge >= 0.3 is 0 Å². The summed E-state index contributed by atoms with van der Waals surface area (Å²) in [5.41, 5.74) is -0.621. The summed E-state index contributed by atoms with van der Waals surface area (Å²) >= 11 is 0. The number of hydrogen-bond acceptors (Lipinski definition) is 5. The van der Waals surface area contributed by atoms with E-state index in [0.717, 1.165) is 12.1 Å². The van der Waals surface area contributed by atoms with Crippen LogP contribution in [0.5, 0.6) is 0 Å². The Kier molecular flexibility index (Phi) is 5.06. The average Bonchev–Trinajstić information content (AvgIpc) is 2.69. The van der Waals surface area contributed by atoms with Crippen LogP contribution in [0.25, 0.3) is 0 Å². The number of benzene rings is 3. The first-order valence-electron chi connectivity index (χ1n) is 7.71. The summed E-state index contributed by atoms with van der Waals surface area (Å²) in [5, 5.41) is 11.2. The van der Waals surface area contributed by atoms with Crippen LogP contribution in [0.15, 0.2) is 103 Å². The van der Waals surface area contributed by atoms with E-state index in [4.69, 9.17) is 0 Å². The molecule has 27 heavy (non-hydrogen) atoms. The van der Waals surface area contributed by atoms with E-state index in [9.17, 15) is 22.7 Å². The largest absolute Gasteiger partial charge is 0.297 e. The standard InChI is InChI=1S/C18H14N2O5S2/c21-20(22)17-13-7-8-14-18(17)27(24,25)19-26(23,15-9-3-1-4-10-15)16-11-5-2-6-12-16/h1-14H. The molecule has 3 rings (SSSR count). The van der Waals surface area contributed by atoms with Crippen molar-refractivity contribution in [1.29, 1.82) is 0 Å². The Morgan fingerprint density at radius 1 is 0.704 bits per heavy atom. The highest BCUT2D eigenvalue weighted by molar-refractivity contribution is 8.03. The van der Waals surface area contributed by atoms with Crippen LogP contribution in [0.3, 0.4) is 0 Å². The van der Waals surface area contributed by atoms with Gasteiger partial charge in [-0.3, -0.25) is 10.1 Å². The Labute approximate surface area is 156 Å². The lowest BCUT2D eigenvalue weighted by Crippen LogP contribution is -2.09. The topological polar surface area (TPSA) is 107 Å². The first-order valence-corrected chi connectivity index (χ1v) is 10.7. The number of para-hydroxylation sites is 1.